The second kappa shape index (κ2) is 6.45. The van der Waals surface area contributed by atoms with Gasteiger partial charge in [-0.1, -0.05) is 24.3 Å². The van der Waals surface area contributed by atoms with Gasteiger partial charge in [-0.15, -0.1) is 0 Å². The van der Waals surface area contributed by atoms with Crippen LogP contribution >= 0.6 is 0 Å². The summed E-state index contributed by atoms with van der Waals surface area (Å²) >= 11 is 0. The Morgan fingerprint density at radius 1 is 0.680 bits per heavy atom. The monoisotopic (exact) mass is 368 g/mol. The fraction of sp³-hybridized carbons (Fsp3) is 0.250. The molecule has 0 radical (unpaired) electrons. The number of ether oxygens (including phenoxy) is 2. The molecular weight excluding hydrogens is 357 g/mol. The lowest BCUT2D eigenvalue weighted by Gasteiger charge is -2.27. The van der Waals surface area contributed by atoms with E-state index in [1.54, 1.807) is 0 Å². The van der Waals surface area contributed by atoms with Crippen LogP contribution < -0.4 is 9.47 Å². The average molecular weight is 368 g/mol. The number of rotatable bonds is 5. The minimum absolute atomic E-state index is 0.203. The zero-order valence-electron chi connectivity index (χ0n) is 12.6. The smallest absolute Gasteiger partial charge is 0.469 e. The van der Waals surface area contributed by atoms with E-state index < -0.39 is 35.1 Å². The number of halogens is 7. The third kappa shape index (κ3) is 3.80. The van der Waals surface area contributed by atoms with Crippen molar-refractivity contribution in [1.82, 2.24) is 0 Å². The second-order valence-electron chi connectivity index (χ2n) is 4.92. The molecular formula is C16H11F7O2. The van der Waals surface area contributed by atoms with Crippen LogP contribution in [0.3, 0.4) is 0 Å². The molecule has 2 aromatic rings. The van der Waals surface area contributed by atoms with Crippen LogP contribution in [0.4, 0.5) is 30.7 Å². The van der Waals surface area contributed by atoms with Crippen molar-refractivity contribution >= 4 is 0 Å². The summed E-state index contributed by atoms with van der Waals surface area (Å²) in [6.45, 7) is 0. The Hall–Kier alpha value is -2.45. The molecule has 0 aliphatic carbocycles. The summed E-state index contributed by atoms with van der Waals surface area (Å²) in [5.74, 6) is -5.72. The first kappa shape index (κ1) is 18.9. The lowest BCUT2D eigenvalue weighted by atomic mass is 10.0. The number of benzene rings is 2. The Bertz CT molecular complexity index is 724. The topological polar surface area (TPSA) is 18.5 Å². The summed E-state index contributed by atoms with van der Waals surface area (Å²) in [5.41, 5.74) is -2.55. The molecule has 0 atom stereocenters. The van der Waals surface area contributed by atoms with Crippen molar-refractivity contribution < 1.29 is 40.2 Å². The molecule has 136 valence electrons. The maximum absolute atomic E-state index is 14.1. The van der Waals surface area contributed by atoms with Gasteiger partial charge in [0.2, 0.25) is 0 Å². The SMILES string of the molecule is COc1ccccc1OC(F)(F)C(F)(F)c1ccc(C(F)(F)F)cc1. The summed E-state index contributed by atoms with van der Waals surface area (Å²) in [6.07, 6.45) is -9.80. The molecule has 0 bridgehead atoms. The molecule has 9 heteroatoms. The van der Waals surface area contributed by atoms with Gasteiger partial charge in [0.15, 0.2) is 11.5 Å². The van der Waals surface area contributed by atoms with Crippen molar-refractivity contribution in [3.63, 3.8) is 0 Å². The molecule has 0 aromatic heterocycles. The van der Waals surface area contributed by atoms with Crippen LogP contribution in [-0.4, -0.2) is 13.2 Å². The maximum Gasteiger partial charge on any atom is 0.469 e. The highest BCUT2D eigenvalue weighted by atomic mass is 19.4. The van der Waals surface area contributed by atoms with Crippen LogP contribution in [-0.2, 0) is 12.1 Å². The van der Waals surface area contributed by atoms with Crippen LogP contribution in [0.5, 0.6) is 11.5 Å². The fourth-order valence-corrected chi connectivity index (χ4v) is 1.94. The summed E-state index contributed by atoms with van der Waals surface area (Å²) in [5, 5.41) is 0. The normalized spacial score (nSPS) is 12.8. The number of methoxy groups -OCH3 is 1. The van der Waals surface area contributed by atoms with Crippen LogP contribution in [0.25, 0.3) is 0 Å². The Balaban J connectivity index is 2.33. The largest absolute Gasteiger partial charge is 0.493 e. The maximum atomic E-state index is 14.1. The van der Waals surface area contributed by atoms with Gasteiger partial charge in [0.1, 0.15) is 0 Å². The van der Waals surface area contributed by atoms with Crippen molar-refractivity contribution in [2.45, 2.75) is 18.2 Å². The van der Waals surface area contributed by atoms with E-state index >= 15 is 0 Å². The van der Waals surface area contributed by atoms with Crippen molar-refractivity contribution in [1.29, 1.82) is 0 Å². The lowest BCUT2D eigenvalue weighted by Crippen LogP contribution is -2.43. The van der Waals surface area contributed by atoms with E-state index in [1.807, 2.05) is 0 Å². The third-order valence-corrected chi connectivity index (χ3v) is 3.25. The molecule has 2 rings (SSSR count). The van der Waals surface area contributed by atoms with Crippen LogP contribution in [0, 0.1) is 0 Å². The van der Waals surface area contributed by atoms with Gasteiger partial charge in [0, 0.05) is 5.56 Å². The van der Waals surface area contributed by atoms with Crippen molar-refractivity contribution in [3.8, 4) is 11.5 Å². The van der Waals surface area contributed by atoms with E-state index in [1.165, 1.54) is 18.2 Å². The highest BCUT2D eigenvalue weighted by Gasteiger charge is 2.61. The average Bonchev–Trinajstić information content (AvgIpc) is 2.54. The zero-order chi connectivity index (χ0) is 18.9. The van der Waals surface area contributed by atoms with Gasteiger partial charge in [0.05, 0.1) is 12.7 Å². The fourth-order valence-electron chi connectivity index (χ4n) is 1.94. The predicted molar refractivity (Wildman–Crippen MR) is 73.9 cm³/mol. The lowest BCUT2D eigenvalue weighted by molar-refractivity contribution is -0.316. The van der Waals surface area contributed by atoms with E-state index in [9.17, 15) is 30.7 Å². The van der Waals surface area contributed by atoms with Gasteiger partial charge in [0.25, 0.3) is 0 Å². The molecule has 2 nitrogen and oxygen atoms in total. The molecule has 0 spiro atoms. The summed E-state index contributed by atoms with van der Waals surface area (Å²) < 4.78 is 102. The van der Waals surface area contributed by atoms with Crippen molar-refractivity contribution in [3.05, 3.63) is 59.7 Å². The highest BCUT2D eigenvalue weighted by molar-refractivity contribution is 5.40. The summed E-state index contributed by atoms with van der Waals surface area (Å²) in [6, 6.07) is 6.05. The third-order valence-electron chi connectivity index (χ3n) is 3.25. The Morgan fingerprint density at radius 3 is 1.64 bits per heavy atom. The number of para-hydroxylation sites is 2. The van der Waals surface area contributed by atoms with Gasteiger partial charge >= 0.3 is 18.2 Å². The summed E-state index contributed by atoms with van der Waals surface area (Å²) in [7, 11) is 1.13. The van der Waals surface area contributed by atoms with Gasteiger partial charge in [-0.25, -0.2) is 0 Å². The zero-order valence-corrected chi connectivity index (χ0v) is 12.6. The standard InChI is InChI=1S/C16H11F7O2/c1-24-12-4-2-3-5-13(12)25-16(22,23)14(17,18)10-6-8-11(9-7-10)15(19,20)21/h2-9H,1H3. The Labute approximate surface area is 137 Å². The first-order chi connectivity index (χ1) is 11.5. The molecule has 0 amide bonds. The van der Waals surface area contributed by atoms with Gasteiger partial charge in [-0.3, -0.25) is 0 Å². The van der Waals surface area contributed by atoms with Crippen molar-refractivity contribution in [2.75, 3.05) is 7.11 Å². The quantitative estimate of drug-likeness (QED) is 0.651. The van der Waals surface area contributed by atoms with Crippen molar-refractivity contribution in [2.24, 2.45) is 0 Å². The van der Waals surface area contributed by atoms with E-state index in [-0.39, 0.29) is 17.9 Å². The Kier molecular flexibility index (Phi) is 4.87. The van der Waals surface area contributed by atoms with Gasteiger partial charge in [-0.05, 0) is 24.3 Å². The minimum Gasteiger partial charge on any atom is -0.493 e. The van der Waals surface area contributed by atoms with E-state index in [0.717, 1.165) is 13.2 Å². The second-order valence-corrected chi connectivity index (χ2v) is 4.92. The first-order valence-electron chi connectivity index (χ1n) is 6.74. The first-order valence-corrected chi connectivity index (χ1v) is 6.74. The number of alkyl halides is 7. The van der Waals surface area contributed by atoms with E-state index in [2.05, 4.69) is 4.74 Å². The van der Waals surface area contributed by atoms with E-state index in [0.29, 0.717) is 12.1 Å². The molecule has 0 aliphatic heterocycles. The molecule has 0 fully saturated rings. The highest BCUT2D eigenvalue weighted by Crippen LogP contribution is 2.46. The van der Waals surface area contributed by atoms with Crippen LogP contribution in [0.1, 0.15) is 11.1 Å². The molecule has 0 aliphatic rings. The molecule has 0 N–H and O–H groups in total. The van der Waals surface area contributed by atoms with Crippen LogP contribution in [0.15, 0.2) is 48.5 Å². The molecule has 0 heterocycles. The molecule has 25 heavy (non-hydrogen) atoms. The summed E-state index contributed by atoms with van der Waals surface area (Å²) in [4.78, 5) is 0. The molecule has 0 unspecified atom stereocenters. The van der Waals surface area contributed by atoms with Crippen LogP contribution in [0.2, 0.25) is 0 Å². The number of hydrogen-bond acceptors (Lipinski definition) is 2. The van der Waals surface area contributed by atoms with Gasteiger partial charge in [-0.2, -0.15) is 30.7 Å². The Morgan fingerprint density at radius 2 is 1.16 bits per heavy atom. The minimum atomic E-state index is -5.03. The molecule has 0 saturated carbocycles. The van der Waals surface area contributed by atoms with E-state index in [4.69, 9.17) is 4.74 Å². The van der Waals surface area contributed by atoms with Gasteiger partial charge < -0.3 is 9.47 Å². The number of hydrogen-bond donors (Lipinski definition) is 0. The predicted octanol–water partition coefficient (Wildman–Crippen LogP) is 5.48. The molecule has 0 saturated heterocycles. The molecule has 2 aromatic carbocycles.